The molecule has 2 aromatic carbocycles. The summed E-state index contributed by atoms with van der Waals surface area (Å²) in [7, 11) is 1.99. The predicted molar refractivity (Wildman–Crippen MR) is 139 cm³/mol. The number of alkyl halides is 3. The van der Waals surface area contributed by atoms with Crippen LogP contribution in [0.5, 0.6) is 0 Å². The first-order valence-electron chi connectivity index (χ1n) is 11.5. The van der Waals surface area contributed by atoms with Gasteiger partial charge in [0.15, 0.2) is 5.15 Å². The molecule has 2 aliphatic rings. The lowest BCUT2D eigenvalue weighted by molar-refractivity contribution is -0.138. The lowest BCUT2D eigenvalue weighted by atomic mass is 10.1. The van der Waals surface area contributed by atoms with E-state index in [-0.39, 0.29) is 39.5 Å². The maximum atomic E-state index is 13.5. The number of nitrogens with zero attached hydrogens (tertiary/aromatic N) is 4. The molecule has 0 spiro atoms. The van der Waals surface area contributed by atoms with Crippen LogP contribution in [0.1, 0.15) is 29.5 Å². The fourth-order valence-electron chi connectivity index (χ4n) is 4.71. The van der Waals surface area contributed by atoms with Crippen LogP contribution in [0.4, 0.5) is 18.0 Å². The molecule has 37 heavy (non-hydrogen) atoms. The Morgan fingerprint density at radius 3 is 2.65 bits per heavy atom. The molecule has 12 heteroatoms. The third-order valence-corrected chi connectivity index (χ3v) is 8.08. The van der Waals surface area contributed by atoms with E-state index in [1.54, 1.807) is 24.3 Å². The van der Waals surface area contributed by atoms with Gasteiger partial charge in [-0.1, -0.05) is 35.3 Å². The third-order valence-electron chi connectivity index (χ3n) is 6.66. The number of halogens is 5. The quantitative estimate of drug-likeness (QED) is 0.327. The molecule has 2 fully saturated rings. The number of aromatic nitrogens is 2. The third kappa shape index (κ3) is 5.25. The Labute approximate surface area is 225 Å². The van der Waals surface area contributed by atoms with Gasteiger partial charge in [-0.3, -0.25) is 19.2 Å². The predicted octanol–water partition coefficient (Wildman–Crippen LogP) is 6.54. The molecule has 3 heterocycles. The Bertz CT molecular complexity index is 1440. The lowest BCUT2D eigenvalue weighted by Crippen LogP contribution is -2.40. The molecule has 2 aliphatic heterocycles. The van der Waals surface area contributed by atoms with Gasteiger partial charge < -0.3 is 4.90 Å². The van der Waals surface area contributed by atoms with Crippen molar-refractivity contribution in [2.24, 2.45) is 0 Å². The highest BCUT2D eigenvalue weighted by Crippen LogP contribution is 2.36. The summed E-state index contributed by atoms with van der Waals surface area (Å²) < 4.78 is 42.0. The van der Waals surface area contributed by atoms with Crippen LogP contribution >= 0.6 is 35.0 Å². The van der Waals surface area contributed by atoms with Crippen molar-refractivity contribution in [2.75, 3.05) is 20.1 Å². The molecule has 0 aliphatic carbocycles. The minimum Gasteiger partial charge on any atom is -0.302 e. The summed E-state index contributed by atoms with van der Waals surface area (Å²) in [5.74, 6) is -0.334. The van der Waals surface area contributed by atoms with Crippen molar-refractivity contribution in [3.63, 3.8) is 0 Å². The van der Waals surface area contributed by atoms with E-state index < -0.39 is 11.7 Å². The first-order valence-corrected chi connectivity index (χ1v) is 13.1. The number of likely N-dealkylation sites (tertiary alicyclic amines) is 1. The molecule has 0 N–H and O–H groups in total. The standard InChI is InChI=1S/C25H21Cl2F3N4O2S/c1-32-8-2-3-17(32)13-33-23(35)21(37-24(33)36)10-14-4-7-20-18(9-14)22(27)31-34(20)12-15-5-6-16(26)11-19(15)25(28,29)30/h4-7,9-11,17H,2-3,8,12-13H2,1H3. The molecule has 1 aromatic heterocycles. The van der Waals surface area contributed by atoms with Crippen LogP contribution in [0, 0.1) is 0 Å². The first kappa shape index (κ1) is 26.1. The van der Waals surface area contributed by atoms with Crippen LogP contribution in [0.15, 0.2) is 41.3 Å². The van der Waals surface area contributed by atoms with E-state index in [1.165, 1.54) is 21.7 Å². The van der Waals surface area contributed by atoms with Gasteiger partial charge in [-0.25, -0.2) is 0 Å². The van der Waals surface area contributed by atoms with E-state index in [0.29, 0.717) is 27.9 Å². The second kappa shape index (κ2) is 9.98. The van der Waals surface area contributed by atoms with Gasteiger partial charge in [0.25, 0.3) is 11.1 Å². The monoisotopic (exact) mass is 568 g/mol. The average Bonchev–Trinajstić information content (AvgIpc) is 3.46. The highest BCUT2D eigenvalue weighted by Gasteiger charge is 2.38. The molecular formula is C25H21Cl2F3N4O2S. The molecule has 0 bridgehead atoms. The van der Waals surface area contributed by atoms with E-state index >= 15 is 0 Å². The minimum atomic E-state index is -4.57. The number of benzene rings is 2. The number of carbonyl (C=O) groups is 2. The maximum Gasteiger partial charge on any atom is 0.416 e. The summed E-state index contributed by atoms with van der Waals surface area (Å²) in [6.45, 7) is 1.14. The van der Waals surface area contributed by atoms with Crippen LogP contribution < -0.4 is 0 Å². The van der Waals surface area contributed by atoms with Crippen LogP contribution in [0.3, 0.4) is 0 Å². The molecular weight excluding hydrogens is 548 g/mol. The van der Waals surface area contributed by atoms with Crippen molar-refractivity contribution < 1.29 is 22.8 Å². The van der Waals surface area contributed by atoms with Gasteiger partial charge in [-0.2, -0.15) is 18.3 Å². The van der Waals surface area contributed by atoms with Gasteiger partial charge in [-0.05, 0) is 79.7 Å². The number of hydrogen-bond donors (Lipinski definition) is 0. The number of likely N-dealkylation sites (N-methyl/N-ethyl adjacent to an activating group) is 1. The Hall–Kier alpha value is -2.53. The van der Waals surface area contributed by atoms with Gasteiger partial charge in [0.2, 0.25) is 0 Å². The number of thioether (sulfide) groups is 1. The highest BCUT2D eigenvalue weighted by atomic mass is 35.5. The van der Waals surface area contributed by atoms with Crippen molar-refractivity contribution in [2.45, 2.75) is 31.6 Å². The van der Waals surface area contributed by atoms with Crippen LogP contribution in [-0.4, -0.2) is 56.9 Å². The summed E-state index contributed by atoms with van der Waals surface area (Å²) in [6, 6.07) is 8.86. The Balaban J connectivity index is 1.41. The summed E-state index contributed by atoms with van der Waals surface area (Å²) in [4.78, 5) is 29.2. The SMILES string of the molecule is CN1CCCC1CN1C(=O)SC(=Cc2ccc3c(c2)c(Cl)nn3Cc2ccc(Cl)cc2C(F)(F)F)C1=O. The summed E-state index contributed by atoms with van der Waals surface area (Å²) >= 11 is 13.0. The Morgan fingerprint density at radius 2 is 1.95 bits per heavy atom. The van der Waals surface area contributed by atoms with Gasteiger partial charge >= 0.3 is 6.18 Å². The fraction of sp³-hybridized carbons (Fsp3) is 0.320. The maximum absolute atomic E-state index is 13.5. The fourth-order valence-corrected chi connectivity index (χ4v) is 5.97. The summed E-state index contributed by atoms with van der Waals surface area (Å²) in [5.41, 5.74) is 0.321. The number of carbonyl (C=O) groups excluding carboxylic acids is 2. The first-order chi connectivity index (χ1) is 17.5. The lowest BCUT2D eigenvalue weighted by Gasteiger charge is -2.23. The van der Waals surface area contributed by atoms with Crippen molar-refractivity contribution in [3.8, 4) is 0 Å². The van der Waals surface area contributed by atoms with E-state index in [0.717, 1.165) is 37.2 Å². The zero-order valence-electron chi connectivity index (χ0n) is 19.6. The van der Waals surface area contributed by atoms with Crippen molar-refractivity contribution in [3.05, 3.63) is 68.2 Å². The zero-order chi connectivity index (χ0) is 26.5. The highest BCUT2D eigenvalue weighted by molar-refractivity contribution is 8.18. The van der Waals surface area contributed by atoms with E-state index in [4.69, 9.17) is 23.2 Å². The Kier molecular flexibility index (Phi) is 7.04. The largest absolute Gasteiger partial charge is 0.416 e. The van der Waals surface area contributed by atoms with Gasteiger partial charge in [0.05, 0.1) is 22.5 Å². The number of amides is 2. The number of fused-ring (bicyclic) bond motifs is 1. The molecule has 194 valence electrons. The zero-order valence-corrected chi connectivity index (χ0v) is 21.9. The molecule has 1 unspecified atom stereocenters. The van der Waals surface area contributed by atoms with E-state index in [9.17, 15) is 22.8 Å². The molecule has 2 amide bonds. The molecule has 0 radical (unpaired) electrons. The molecule has 3 aromatic rings. The van der Waals surface area contributed by atoms with E-state index in [1.807, 2.05) is 7.05 Å². The number of hydrogen-bond acceptors (Lipinski definition) is 5. The van der Waals surface area contributed by atoms with Gasteiger partial charge in [-0.15, -0.1) is 0 Å². The van der Waals surface area contributed by atoms with Crippen molar-refractivity contribution >= 4 is 63.1 Å². The van der Waals surface area contributed by atoms with Gasteiger partial charge in [0, 0.05) is 23.0 Å². The molecule has 2 saturated heterocycles. The number of imide groups is 1. The van der Waals surface area contributed by atoms with Crippen molar-refractivity contribution in [1.82, 2.24) is 19.6 Å². The Morgan fingerprint density at radius 1 is 1.16 bits per heavy atom. The molecule has 0 saturated carbocycles. The molecule has 1 atom stereocenters. The second-order valence-corrected chi connectivity index (χ2v) is 10.9. The van der Waals surface area contributed by atoms with Crippen LogP contribution in [-0.2, 0) is 17.5 Å². The average molecular weight is 569 g/mol. The van der Waals surface area contributed by atoms with Crippen LogP contribution in [0.2, 0.25) is 10.2 Å². The van der Waals surface area contributed by atoms with Gasteiger partial charge in [0.1, 0.15) is 0 Å². The molecule has 6 nitrogen and oxygen atoms in total. The summed E-state index contributed by atoms with van der Waals surface area (Å²) in [6.07, 6.45) is -0.970. The second-order valence-electron chi connectivity index (χ2n) is 9.09. The molecule has 5 rings (SSSR count). The number of rotatable bonds is 5. The van der Waals surface area contributed by atoms with Crippen molar-refractivity contribution in [1.29, 1.82) is 0 Å². The smallest absolute Gasteiger partial charge is 0.302 e. The normalized spacial score (nSPS) is 20.2. The summed E-state index contributed by atoms with van der Waals surface area (Å²) in [5, 5.41) is 4.55. The van der Waals surface area contributed by atoms with Crippen LogP contribution in [0.25, 0.3) is 17.0 Å². The minimum absolute atomic E-state index is 0.00336. The van der Waals surface area contributed by atoms with E-state index in [2.05, 4.69) is 10.00 Å². The topological polar surface area (TPSA) is 58.4 Å².